The Morgan fingerprint density at radius 1 is 1.75 bits per heavy atom. The summed E-state index contributed by atoms with van der Waals surface area (Å²) in [4.78, 5) is 9.82. The Morgan fingerprint density at radius 2 is 2.12 bits per heavy atom. The molecule has 0 aliphatic rings. The molecule has 0 aliphatic heterocycles. The second-order valence-corrected chi connectivity index (χ2v) is 0.925. The summed E-state index contributed by atoms with van der Waals surface area (Å²) in [5.74, 6) is -0.211. The molecule has 0 amide bonds. The van der Waals surface area contributed by atoms with Gasteiger partial charge in [-0.3, -0.25) is 4.79 Å². The molecule has 8 heavy (non-hydrogen) atoms. The number of rotatable bonds is 1. The predicted octanol–water partition coefficient (Wildman–Crippen LogP) is 0.878. The average molecular weight is 163 g/mol. The molecular weight excluding hydrogens is 155 g/mol. The molecule has 0 spiro atoms. The third-order valence-electron chi connectivity index (χ3n) is 0.348. The third-order valence-corrected chi connectivity index (χ3v) is 0.348. The molecule has 0 saturated heterocycles. The number of carbonyl (C=O) groups is 1. The minimum atomic E-state index is -0.211. The van der Waals surface area contributed by atoms with Crippen LogP contribution in [0.4, 0.5) is 0 Å². The van der Waals surface area contributed by atoms with Gasteiger partial charge in [-0.25, -0.2) is 0 Å². The normalized spacial score (nSPS) is 6.62. The summed E-state index contributed by atoms with van der Waals surface area (Å²) in [7, 11) is 0. The minimum absolute atomic E-state index is 0.211. The van der Waals surface area contributed by atoms with Gasteiger partial charge in [-0.1, -0.05) is 0 Å². The third kappa shape index (κ3) is 15.7. The van der Waals surface area contributed by atoms with Crippen molar-refractivity contribution in [1.29, 1.82) is 0 Å². The molecule has 0 atom stereocenters. The van der Waals surface area contributed by atoms with Crippen LogP contribution < -0.4 is 0 Å². The number of ether oxygens (including phenoxy) is 1. The summed E-state index contributed by atoms with van der Waals surface area (Å²) in [6.45, 7) is 3.65. The van der Waals surface area contributed by atoms with E-state index in [0.29, 0.717) is 53.7 Å². The number of carbonyl (C=O) groups excluding carboxylic acids is 1. The fourth-order valence-electron chi connectivity index (χ4n) is 0.203. The first-order chi connectivity index (χ1) is 3.77. The van der Waals surface area contributed by atoms with Crippen LogP contribution in [-0.4, -0.2) is 59.7 Å². The van der Waals surface area contributed by atoms with Crippen LogP contribution in [0.15, 0.2) is 0 Å². The standard InChI is InChI=1S/C4H8O2.ClH.K/c1-3-6-4(2)5;;/h3H2,1-2H3;1H;/q;;+1/p-1. The van der Waals surface area contributed by atoms with Crippen LogP contribution in [0.5, 0.6) is 0 Å². The molecule has 44 valence electrons. The molecule has 0 bridgehead atoms. The maximum atomic E-state index is 9.82. The van der Waals surface area contributed by atoms with Crippen LogP contribution in [0.1, 0.15) is 13.8 Å². The van der Waals surface area contributed by atoms with E-state index < -0.39 is 0 Å². The Balaban J connectivity index is 0. The Bertz CT molecular complexity index is 58.0. The van der Waals surface area contributed by atoms with E-state index in [1.807, 2.05) is 0 Å². The molecule has 0 N–H and O–H groups in total. The second kappa shape index (κ2) is 11.2. The molecule has 0 saturated carbocycles. The Morgan fingerprint density at radius 3 is 2.12 bits per heavy atom. The van der Waals surface area contributed by atoms with Gasteiger partial charge in [0, 0.05) is 6.92 Å². The first-order valence-electron chi connectivity index (χ1n) is 2.28. The van der Waals surface area contributed by atoms with Crippen molar-refractivity contribution in [3.8, 4) is 0 Å². The van der Waals surface area contributed by atoms with E-state index in [9.17, 15) is 4.79 Å². The number of hydrogen-bond acceptors (Lipinski definition) is 2. The van der Waals surface area contributed by atoms with Crippen molar-refractivity contribution < 1.29 is 9.53 Å². The molecule has 0 fully saturated rings. The van der Waals surface area contributed by atoms with E-state index in [2.05, 4.69) is 4.74 Å². The van der Waals surface area contributed by atoms with Crippen LogP contribution >= 0.6 is 3.76 Å². The SMILES string of the molecule is CCOC(C)=O.[Cl][K]. The molecule has 0 radical (unpaired) electrons. The van der Waals surface area contributed by atoms with Gasteiger partial charge in [0.05, 0.1) is 6.61 Å². The summed E-state index contributed by atoms with van der Waals surface area (Å²) in [6.07, 6.45) is 0. The van der Waals surface area contributed by atoms with E-state index in [1.54, 1.807) is 6.92 Å². The molecular formula is C4H8ClKO2. The molecule has 0 aromatic carbocycles. The van der Waals surface area contributed by atoms with Crippen LogP contribution in [0.25, 0.3) is 0 Å². The van der Waals surface area contributed by atoms with Crippen LogP contribution in [-0.2, 0) is 9.53 Å². The van der Waals surface area contributed by atoms with E-state index in [4.69, 9.17) is 3.76 Å². The summed E-state index contributed by atoms with van der Waals surface area (Å²) >= 11 is 0.535. The summed E-state index contributed by atoms with van der Waals surface area (Å²) < 4.78 is 9.23. The number of halogens is 1. The first-order valence-corrected chi connectivity index (χ1v) is 6.58. The van der Waals surface area contributed by atoms with Gasteiger partial charge in [0.25, 0.3) is 0 Å². The van der Waals surface area contributed by atoms with Crippen molar-refractivity contribution in [2.75, 3.05) is 6.61 Å². The molecule has 0 heterocycles. The molecule has 4 heteroatoms. The van der Waals surface area contributed by atoms with E-state index >= 15 is 0 Å². The summed E-state index contributed by atoms with van der Waals surface area (Å²) in [6, 6.07) is 0. The molecule has 0 rings (SSSR count). The summed E-state index contributed by atoms with van der Waals surface area (Å²) in [5, 5.41) is 0. The molecule has 0 aliphatic carbocycles. The Hall–Kier alpha value is 1.40. The summed E-state index contributed by atoms with van der Waals surface area (Å²) in [5.41, 5.74) is 0. The van der Waals surface area contributed by atoms with E-state index in [1.165, 1.54) is 6.92 Å². The van der Waals surface area contributed by atoms with Crippen molar-refractivity contribution in [3.63, 3.8) is 0 Å². The van der Waals surface area contributed by atoms with Crippen LogP contribution in [0.3, 0.4) is 0 Å². The second-order valence-electron chi connectivity index (χ2n) is 0.925. The van der Waals surface area contributed by atoms with Crippen LogP contribution in [0, 0.1) is 0 Å². The van der Waals surface area contributed by atoms with Gasteiger partial charge in [0.2, 0.25) is 0 Å². The average Bonchev–Trinajstić information content (AvgIpc) is 1.72. The van der Waals surface area contributed by atoms with Gasteiger partial charge >= 0.3 is 56.9 Å². The van der Waals surface area contributed by atoms with Crippen molar-refractivity contribution in [3.05, 3.63) is 0 Å². The predicted molar refractivity (Wildman–Crippen MR) is 33.9 cm³/mol. The molecule has 0 aromatic heterocycles. The van der Waals surface area contributed by atoms with Gasteiger partial charge in [0.15, 0.2) is 0 Å². The number of hydrogen-bond donors (Lipinski definition) is 0. The fraction of sp³-hybridized carbons (Fsp3) is 0.750. The monoisotopic (exact) mass is 162 g/mol. The zero-order valence-electron chi connectivity index (χ0n) is 5.40. The van der Waals surface area contributed by atoms with Gasteiger partial charge in [-0.15, -0.1) is 0 Å². The van der Waals surface area contributed by atoms with Gasteiger partial charge in [0.1, 0.15) is 0 Å². The topological polar surface area (TPSA) is 26.3 Å². The van der Waals surface area contributed by atoms with Crippen molar-refractivity contribution in [1.82, 2.24) is 0 Å². The molecule has 2 nitrogen and oxygen atoms in total. The van der Waals surface area contributed by atoms with Crippen molar-refractivity contribution in [2.45, 2.75) is 13.8 Å². The van der Waals surface area contributed by atoms with E-state index in [0.717, 1.165) is 0 Å². The van der Waals surface area contributed by atoms with Crippen molar-refractivity contribution in [2.24, 2.45) is 0 Å². The Kier molecular flexibility index (Phi) is 17.0. The van der Waals surface area contributed by atoms with Gasteiger partial charge in [-0.05, 0) is 6.92 Å². The molecule has 0 unspecified atom stereocenters. The van der Waals surface area contributed by atoms with Gasteiger partial charge < -0.3 is 4.74 Å². The number of esters is 1. The van der Waals surface area contributed by atoms with Gasteiger partial charge in [-0.2, -0.15) is 0 Å². The fourth-order valence-corrected chi connectivity index (χ4v) is 0.203. The quantitative estimate of drug-likeness (QED) is 0.423. The van der Waals surface area contributed by atoms with E-state index in [-0.39, 0.29) is 5.97 Å². The molecule has 0 aromatic rings. The maximum absolute atomic E-state index is 9.82. The van der Waals surface area contributed by atoms with Crippen LogP contribution in [0.2, 0.25) is 0 Å². The Labute approximate surface area is 85.3 Å². The van der Waals surface area contributed by atoms with Crippen molar-refractivity contribution >= 4 is 56.9 Å². The zero-order chi connectivity index (χ0) is 6.99. The zero-order valence-corrected chi connectivity index (χ0v) is 9.28. The first kappa shape index (κ1) is 12.1.